The molecule has 0 aliphatic heterocycles. The highest BCUT2D eigenvalue weighted by Gasteiger charge is 2.30. The van der Waals surface area contributed by atoms with E-state index in [0.29, 0.717) is 11.4 Å². The summed E-state index contributed by atoms with van der Waals surface area (Å²) in [6.07, 6.45) is 0. The van der Waals surface area contributed by atoms with Crippen LogP contribution in [0.3, 0.4) is 0 Å². The van der Waals surface area contributed by atoms with Crippen LogP contribution >= 0.6 is 0 Å². The highest BCUT2D eigenvalue weighted by Crippen LogP contribution is 2.40. The topological polar surface area (TPSA) is 126 Å². The van der Waals surface area contributed by atoms with Gasteiger partial charge in [0, 0.05) is 17.0 Å². The van der Waals surface area contributed by atoms with E-state index in [-0.39, 0.29) is 33.9 Å². The fourth-order valence-electron chi connectivity index (χ4n) is 3.11. The maximum atomic E-state index is 12.6. The zero-order chi connectivity index (χ0) is 19.0. The van der Waals surface area contributed by atoms with Gasteiger partial charge < -0.3 is 25.3 Å². The average molecular weight is 354 g/mol. The molecule has 0 atom stereocenters. The average Bonchev–Trinajstić information content (AvgIpc) is 2.52. The molecular weight excluding hydrogens is 336 g/mol. The maximum Gasteiger partial charge on any atom is 0.256 e. The summed E-state index contributed by atoms with van der Waals surface area (Å²) >= 11 is 0. The number of benzene rings is 1. The predicted octanol–water partition coefficient (Wildman–Crippen LogP) is 1.98. The summed E-state index contributed by atoms with van der Waals surface area (Å²) in [5, 5.41) is 31.1. The zero-order valence-corrected chi connectivity index (χ0v) is 14.2. The van der Waals surface area contributed by atoms with Crippen LogP contribution in [0.25, 0.3) is 0 Å². The lowest BCUT2D eigenvalue weighted by Crippen LogP contribution is -2.25. The second-order valence-electron chi connectivity index (χ2n) is 6.15. The summed E-state index contributed by atoms with van der Waals surface area (Å²) in [4.78, 5) is 30.3. The van der Waals surface area contributed by atoms with Crippen molar-refractivity contribution in [1.82, 2.24) is 9.97 Å². The van der Waals surface area contributed by atoms with Crippen LogP contribution in [-0.2, 0) is 0 Å². The molecule has 0 amide bonds. The summed E-state index contributed by atoms with van der Waals surface area (Å²) in [6.45, 7) is 3.21. The minimum Gasteiger partial charge on any atom is -0.508 e. The molecule has 0 spiro atoms. The molecule has 3 rings (SSSR count). The van der Waals surface area contributed by atoms with Crippen molar-refractivity contribution in [2.75, 3.05) is 0 Å². The molecule has 0 aliphatic carbocycles. The molecule has 0 saturated carbocycles. The maximum absolute atomic E-state index is 12.6. The van der Waals surface area contributed by atoms with Crippen molar-refractivity contribution in [1.29, 1.82) is 0 Å². The molecule has 1 aromatic carbocycles. The number of hydrogen-bond donors (Lipinski definition) is 5. The third kappa shape index (κ3) is 2.95. The van der Waals surface area contributed by atoms with Gasteiger partial charge in [-0.2, -0.15) is 0 Å². The van der Waals surface area contributed by atoms with Crippen molar-refractivity contribution in [3.05, 3.63) is 85.2 Å². The first kappa shape index (κ1) is 17.3. The van der Waals surface area contributed by atoms with Gasteiger partial charge in [0.2, 0.25) is 0 Å². The van der Waals surface area contributed by atoms with E-state index < -0.39 is 17.0 Å². The molecule has 0 aliphatic rings. The van der Waals surface area contributed by atoms with E-state index in [1.54, 1.807) is 26.0 Å². The number of H-pyrrole nitrogens is 2. The Morgan fingerprint density at radius 2 is 1.23 bits per heavy atom. The zero-order valence-electron chi connectivity index (χ0n) is 14.2. The fourth-order valence-corrected chi connectivity index (χ4v) is 3.11. The normalized spacial score (nSPS) is 11.0. The van der Waals surface area contributed by atoms with Crippen LogP contribution in [0.2, 0.25) is 0 Å². The molecule has 26 heavy (non-hydrogen) atoms. The summed E-state index contributed by atoms with van der Waals surface area (Å²) < 4.78 is 0. The number of pyridine rings is 2. The van der Waals surface area contributed by atoms with Gasteiger partial charge in [0.25, 0.3) is 11.1 Å². The van der Waals surface area contributed by atoms with Gasteiger partial charge in [-0.3, -0.25) is 9.59 Å². The lowest BCUT2D eigenvalue weighted by atomic mass is 9.84. The Labute approximate surface area is 148 Å². The van der Waals surface area contributed by atoms with Gasteiger partial charge >= 0.3 is 0 Å². The number of aromatic nitrogens is 2. The van der Waals surface area contributed by atoms with Gasteiger partial charge in [0.15, 0.2) is 0 Å². The first-order valence-electron chi connectivity index (χ1n) is 7.93. The third-order valence-electron chi connectivity index (χ3n) is 4.19. The number of aromatic hydroxyl groups is 3. The lowest BCUT2D eigenvalue weighted by molar-refractivity contribution is 0.447. The summed E-state index contributed by atoms with van der Waals surface area (Å²) in [5.74, 6) is -2.00. The molecule has 0 bridgehead atoms. The Balaban J connectivity index is 2.43. The van der Waals surface area contributed by atoms with Crippen LogP contribution in [0, 0.1) is 13.8 Å². The van der Waals surface area contributed by atoms with E-state index >= 15 is 0 Å². The van der Waals surface area contributed by atoms with Crippen LogP contribution in [0.1, 0.15) is 34.0 Å². The van der Waals surface area contributed by atoms with E-state index in [2.05, 4.69) is 9.97 Å². The smallest absolute Gasteiger partial charge is 0.256 e. The molecule has 2 aromatic heterocycles. The Morgan fingerprint density at radius 3 is 1.65 bits per heavy atom. The number of aromatic amines is 2. The van der Waals surface area contributed by atoms with Crippen molar-refractivity contribution < 1.29 is 15.3 Å². The molecule has 2 heterocycles. The van der Waals surface area contributed by atoms with Crippen LogP contribution in [-0.4, -0.2) is 25.3 Å². The van der Waals surface area contributed by atoms with Gasteiger partial charge in [-0.15, -0.1) is 0 Å². The summed E-state index contributed by atoms with van der Waals surface area (Å²) in [6, 6.07) is 8.85. The molecule has 7 nitrogen and oxygen atoms in total. The fraction of sp³-hybridized carbons (Fsp3) is 0.158. The van der Waals surface area contributed by atoms with Gasteiger partial charge in [-0.05, 0) is 32.0 Å². The number of phenolic OH excluding ortho intramolecular Hbond substituents is 1. The van der Waals surface area contributed by atoms with Crippen LogP contribution in [0.15, 0.2) is 46.0 Å². The van der Waals surface area contributed by atoms with E-state index in [1.807, 2.05) is 0 Å². The second kappa shape index (κ2) is 6.44. The largest absolute Gasteiger partial charge is 0.508 e. The molecule has 0 saturated heterocycles. The number of phenols is 1. The van der Waals surface area contributed by atoms with E-state index in [0.717, 1.165) is 0 Å². The minimum absolute atomic E-state index is 0.137. The van der Waals surface area contributed by atoms with E-state index in [4.69, 9.17) is 0 Å². The second-order valence-corrected chi connectivity index (χ2v) is 6.15. The molecule has 0 unspecified atom stereocenters. The highest BCUT2D eigenvalue weighted by atomic mass is 16.3. The number of para-hydroxylation sites is 1. The number of hydrogen-bond acceptors (Lipinski definition) is 5. The molecule has 134 valence electrons. The minimum atomic E-state index is -1.16. The SMILES string of the molecule is Cc1cc(O)c(C(c2ccccc2O)c2c(O)cc(C)[nH]c2=O)c(=O)[nH]1. The van der Waals surface area contributed by atoms with Crippen molar-refractivity contribution in [2.45, 2.75) is 19.8 Å². The van der Waals surface area contributed by atoms with Crippen LogP contribution in [0.4, 0.5) is 0 Å². The van der Waals surface area contributed by atoms with Crippen molar-refractivity contribution in [3.8, 4) is 17.2 Å². The molecule has 0 radical (unpaired) electrons. The Kier molecular flexibility index (Phi) is 4.29. The standard InChI is InChI=1S/C19H18N2O5/c1-9-7-13(23)16(18(25)20-9)15(11-5-3-4-6-12(11)22)17-14(24)8-10(2)21-19(17)26/h3-8,15,22H,1-2H3,(H2,20,23,25)(H2,21,24,26). The lowest BCUT2D eigenvalue weighted by Gasteiger charge is -2.20. The van der Waals surface area contributed by atoms with Gasteiger partial charge in [-0.25, -0.2) is 0 Å². The van der Waals surface area contributed by atoms with Gasteiger partial charge in [0.05, 0.1) is 17.0 Å². The number of rotatable bonds is 3. The summed E-state index contributed by atoms with van der Waals surface area (Å²) in [7, 11) is 0. The Bertz CT molecular complexity index is 1030. The van der Waals surface area contributed by atoms with Gasteiger partial charge in [0.1, 0.15) is 17.2 Å². The molecule has 0 fully saturated rings. The molecule has 7 heteroatoms. The summed E-state index contributed by atoms with van der Waals surface area (Å²) in [5.41, 5.74) is -0.417. The number of aryl methyl sites for hydroxylation is 2. The quantitative estimate of drug-likeness (QED) is 0.491. The van der Waals surface area contributed by atoms with Crippen LogP contribution in [0.5, 0.6) is 17.2 Å². The van der Waals surface area contributed by atoms with Crippen LogP contribution < -0.4 is 11.1 Å². The first-order valence-corrected chi connectivity index (χ1v) is 7.93. The highest BCUT2D eigenvalue weighted by molar-refractivity contribution is 5.54. The van der Waals surface area contributed by atoms with E-state index in [9.17, 15) is 24.9 Å². The number of nitrogens with one attached hydrogen (secondary N) is 2. The van der Waals surface area contributed by atoms with Gasteiger partial charge in [-0.1, -0.05) is 18.2 Å². The van der Waals surface area contributed by atoms with E-state index in [1.165, 1.54) is 24.3 Å². The van der Waals surface area contributed by atoms with Crippen molar-refractivity contribution in [3.63, 3.8) is 0 Å². The predicted molar refractivity (Wildman–Crippen MR) is 96.0 cm³/mol. The Morgan fingerprint density at radius 1 is 0.769 bits per heavy atom. The molecule has 5 N–H and O–H groups in total. The first-order chi connectivity index (χ1) is 12.3. The van der Waals surface area contributed by atoms with Crippen molar-refractivity contribution in [2.24, 2.45) is 0 Å². The Hall–Kier alpha value is -3.48. The molecule has 3 aromatic rings. The molecular formula is C19H18N2O5. The third-order valence-corrected chi connectivity index (χ3v) is 4.19. The van der Waals surface area contributed by atoms with Crippen molar-refractivity contribution >= 4 is 0 Å². The monoisotopic (exact) mass is 354 g/mol.